The molecule has 0 unspecified atom stereocenters. The maximum Gasteiger partial charge on any atom is 0.0717 e. The van der Waals surface area contributed by atoms with E-state index in [-0.39, 0.29) is 0 Å². The second-order valence-corrected chi connectivity index (χ2v) is 9.41. The minimum absolute atomic E-state index is 0.402. The Bertz CT molecular complexity index is 184. The topological polar surface area (TPSA) is 20.2 Å². The van der Waals surface area contributed by atoms with E-state index in [2.05, 4.69) is 26.6 Å². The maximum absolute atomic E-state index is 9.64. The molecule has 0 aliphatic heterocycles. The van der Waals surface area contributed by atoms with Crippen LogP contribution in [0.5, 0.6) is 0 Å². The van der Waals surface area contributed by atoms with Crippen molar-refractivity contribution in [2.75, 3.05) is 0 Å². The summed E-state index contributed by atoms with van der Waals surface area (Å²) in [5.41, 5.74) is 0.668. The first-order chi connectivity index (χ1) is 6.38. The van der Waals surface area contributed by atoms with E-state index in [1.807, 2.05) is 0 Å². The molecule has 0 rings (SSSR count). The lowest BCUT2D eigenvalue weighted by Gasteiger charge is -2.10. The van der Waals surface area contributed by atoms with E-state index in [1.165, 1.54) is 12.8 Å². The number of hydrogen-bond donors (Lipinski definition) is 1. The van der Waals surface area contributed by atoms with Gasteiger partial charge in [0.05, 0.1) is 15.5 Å². The molecule has 0 aromatic rings. The fraction of sp³-hybridized carbons (Fsp3) is 0.818. The molecule has 0 aliphatic rings. The second-order valence-electron chi connectivity index (χ2n) is 4.62. The third-order valence-electron chi connectivity index (χ3n) is 1.81. The molecule has 1 atom stereocenters. The van der Waals surface area contributed by atoms with Gasteiger partial charge in [0.25, 0.3) is 0 Å². The van der Waals surface area contributed by atoms with Gasteiger partial charge < -0.3 is 5.11 Å². The lowest BCUT2D eigenvalue weighted by molar-refractivity contribution is 0.208. The maximum atomic E-state index is 9.64. The Balaban J connectivity index is 3.96. The zero-order chi connectivity index (χ0) is 11.2. The number of aliphatic hydroxyl groups excluding tert-OH is 1. The fourth-order valence-corrected chi connectivity index (χ4v) is 1.73. The van der Waals surface area contributed by atoms with Crippen LogP contribution in [0, 0.1) is 0 Å². The molecule has 0 spiro atoms. The summed E-state index contributed by atoms with van der Waals surface area (Å²) in [7, 11) is -1.50. The molecule has 0 heterocycles. The summed E-state index contributed by atoms with van der Waals surface area (Å²) in [6.45, 7) is 8.54. The molecular weight excluding hydrogens is 176 g/mol. The van der Waals surface area contributed by atoms with Crippen LogP contribution in [0.4, 0.5) is 0 Å². The molecule has 0 aromatic heterocycles. The monoisotopic (exact) mass is 201 g/mol. The predicted molar refractivity (Wildman–Crippen MR) is 62.6 cm³/mol. The van der Waals surface area contributed by atoms with Crippen LogP contribution in [0.2, 0.25) is 19.6 Å². The number of hydrogen-bond acceptors (Lipinski definition) is 1. The summed E-state index contributed by atoms with van der Waals surface area (Å²) < 4.78 is 7.80. The Morgan fingerprint density at radius 2 is 2.00 bits per heavy atom. The van der Waals surface area contributed by atoms with E-state index in [4.69, 9.17) is 1.37 Å². The molecule has 0 fully saturated rings. The second kappa shape index (κ2) is 6.38. The van der Waals surface area contributed by atoms with Crippen LogP contribution >= 0.6 is 0 Å². The largest absolute Gasteiger partial charge is 0.389 e. The van der Waals surface area contributed by atoms with E-state index >= 15 is 0 Å². The van der Waals surface area contributed by atoms with Crippen LogP contribution in [0.15, 0.2) is 11.8 Å². The Morgan fingerprint density at radius 1 is 1.38 bits per heavy atom. The quantitative estimate of drug-likeness (QED) is 0.516. The first-order valence-electron chi connectivity index (χ1n) is 5.75. The van der Waals surface area contributed by atoms with Crippen LogP contribution in [0.25, 0.3) is 0 Å². The third kappa shape index (κ3) is 9.83. The highest BCUT2D eigenvalue weighted by molar-refractivity contribution is 6.80. The smallest absolute Gasteiger partial charge is 0.0717 e. The van der Waals surface area contributed by atoms with Crippen LogP contribution in [0.3, 0.4) is 0 Å². The predicted octanol–water partition coefficient (Wildman–Crippen LogP) is 3.36. The Kier molecular flexibility index (Phi) is 5.40. The van der Waals surface area contributed by atoms with Crippen LogP contribution in [-0.4, -0.2) is 19.3 Å². The molecule has 0 aliphatic carbocycles. The van der Waals surface area contributed by atoms with Gasteiger partial charge in [0.15, 0.2) is 0 Å². The van der Waals surface area contributed by atoms with Gasteiger partial charge in [0.1, 0.15) is 0 Å². The van der Waals surface area contributed by atoms with Gasteiger partial charge >= 0.3 is 0 Å². The minimum Gasteiger partial charge on any atom is -0.389 e. The standard InChI is InChI=1S/C11H24OSi/c1-5-6-7-8-11(12)9-10-13(2,3)4/h9-12H,5-8H2,1-4H3/b10-9+/t11-/m0/s1/i10D. The van der Waals surface area contributed by atoms with Crippen LogP contribution in [-0.2, 0) is 0 Å². The highest BCUT2D eigenvalue weighted by Crippen LogP contribution is 2.07. The molecule has 0 radical (unpaired) electrons. The Hall–Kier alpha value is -0.0831. The van der Waals surface area contributed by atoms with Crippen molar-refractivity contribution in [3.05, 3.63) is 11.8 Å². The molecule has 0 aromatic carbocycles. The van der Waals surface area contributed by atoms with Crippen molar-refractivity contribution in [2.24, 2.45) is 0 Å². The van der Waals surface area contributed by atoms with Crippen molar-refractivity contribution < 1.29 is 6.48 Å². The lowest BCUT2D eigenvalue weighted by atomic mass is 10.1. The van der Waals surface area contributed by atoms with Crippen LogP contribution < -0.4 is 0 Å². The first kappa shape index (κ1) is 11.0. The van der Waals surface area contributed by atoms with E-state index in [0.717, 1.165) is 12.8 Å². The molecular formula is C11H24OSi. The molecule has 0 amide bonds. The zero-order valence-electron chi connectivity index (χ0n) is 10.4. The molecule has 13 heavy (non-hydrogen) atoms. The average Bonchev–Trinajstić information content (AvgIpc) is 2.03. The van der Waals surface area contributed by atoms with Crippen molar-refractivity contribution in [2.45, 2.75) is 58.4 Å². The Labute approximate surface area is 85.3 Å². The highest BCUT2D eigenvalue weighted by atomic mass is 28.3. The Morgan fingerprint density at radius 3 is 2.46 bits per heavy atom. The van der Waals surface area contributed by atoms with Gasteiger partial charge in [-0.3, -0.25) is 0 Å². The molecule has 78 valence electrons. The van der Waals surface area contributed by atoms with E-state index < -0.39 is 14.2 Å². The highest BCUT2D eigenvalue weighted by Gasteiger charge is 2.08. The van der Waals surface area contributed by atoms with Gasteiger partial charge in [-0.1, -0.05) is 57.6 Å². The van der Waals surface area contributed by atoms with Gasteiger partial charge in [-0.05, 0) is 6.42 Å². The number of unbranched alkanes of at least 4 members (excludes halogenated alkanes) is 2. The molecule has 0 saturated heterocycles. The van der Waals surface area contributed by atoms with E-state index in [9.17, 15) is 5.11 Å². The van der Waals surface area contributed by atoms with Gasteiger partial charge in [0, 0.05) is 0 Å². The number of aliphatic hydroxyl groups is 1. The average molecular weight is 201 g/mol. The van der Waals surface area contributed by atoms with Gasteiger partial charge in [0.2, 0.25) is 0 Å². The molecule has 2 heteroatoms. The van der Waals surface area contributed by atoms with Gasteiger partial charge in [-0.25, -0.2) is 0 Å². The molecule has 0 saturated carbocycles. The van der Waals surface area contributed by atoms with E-state index in [1.54, 1.807) is 6.08 Å². The third-order valence-corrected chi connectivity index (χ3v) is 2.84. The van der Waals surface area contributed by atoms with Gasteiger partial charge in [-0.2, -0.15) is 0 Å². The van der Waals surface area contributed by atoms with Gasteiger partial charge in [-0.15, -0.1) is 0 Å². The summed E-state index contributed by atoms with van der Waals surface area (Å²) in [4.78, 5) is 0. The van der Waals surface area contributed by atoms with Crippen molar-refractivity contribution in [1.82, 2.24) is 0 Å². The van der Waals surface area contributed by atoms with Crippen molar-refractivity contribution in [1.29, 1.82) is 0 Å². The van der Waals surface area contributed by atoms with Crippen molar-refractivity contribution >= 4 is 8.07 Å². The summed E-state index contributed by atoms with van der Waals surface area (Å²) >= 11 is 0. The summed E-state index contributed by atoms with van der Waals surface area (Å²) in [6, 6.07) is 0. The van der Waals surface area contributed by atoms with Crippen LogP contribution in [0.1, 0.15) is 34.0 Å². The fourth-order valence-electron chi connectivity index (χ4n) is 1.03. The number of rotatable bonds is 6. The zero-order valence-corrected chi connectivity index (χ0v) is 10.4. The lowest BCUT2D eigenvalue weighted by Crippen LogP contribution is -2.17. The summed E-state index contributed by atoms with van der Waals surface area (Å²) in [5, 5.41) is 9.64. The SMILES string of the molecule is [2H]/C(=C\[C@@H](O)CCCCC)[Si](C)(C)C. The van der Waals surface area contributed by atoms with Crippen molar-refractivity contribution in [3.63, 3.8) is 0 Å². The molecule has 1 nitrogen and oxygen atoms in total. The summed E-state index contributed by atoms with van der Waals surface area (Å²) in [6.07, 6.45) is 5.56. The first-order valence-corrected chi connectivity index (χ1v) is 8.75. The minimum atomic E-state index is -1.50. The summed E-state index contributed by atoms with van der Waals surface area (Å²) in [5.74, 6) is 0. The van der Waals surface area contributed by atoms with Crippen molar-refractivity contribution in [3.8, 4) is 0 Å². The molecule has 0 bridgehead atoms. The molecule has 1 N–H and O–H groups in total. The van der Waals surface area contributed by atoms with E-state index in [0.29, 0.717) is 5.68 Å². The normalized spacial score (nSPS) is 17.0.